The summed E-state index contributed by atoms with van der Waals surface area (Å²) in [6.45, 7) is 15.5. The van der Waals surface area contributed by atoms with Gasteiger partial charge in [-0.15, -0.1) is 0 Å². The molecule has 0 aromatic rings. The van der Waals surface area contributed by atoms with Crippen LogP contribution in [-0.2, 0) is 4.74 Å². The van der Waals surface area contributed by atoms with E-state index in [2.05, 4.69) is 37.9 Å². The predicted octanol–water partition coefficient (Wildman–Crippen LogP) is 2.76. The fourth-order valence-electron chi connectivity index (χ4n) is 2.35. The maximum atomic E-state index is 5.20. The topological polar surface area (TPSA) is 24.5 Å². The normalized spacial score (nSPS) is 12.3. The Balaban J connectivity index is 4.35. The Morgan fingerprint density at radius 3 is 2.22 bits per heavy atom. The van der Waals surface area contributed by atoms with Crippen molar-refractivity contribution in [2.75, 3.05) is 46.4 Å². The Bertz CT molecular complexity index is 181. The van der Waals surface area contributed by atoms with Gasteiger partial charge in [0.15, 0.2) is 0 Å². The quantitative estimate of drug-likeness (QED) is 0.545. The van der Waals surface area contributed by atoms with Crippen LogP contribution in [0.2, 0.25) is 0 Å². The minimum absolute atomic E-state index is 0.416. The molecule has 0 saturated heterocycles. The van der Waals surface area contributed by atoms with Crippen molar-refractivity contribution in [3.63, 3.8) is 0 Å². The number of ether oxygens (including phenoxy) is 1. The van der Waals surface area contributed by atoms with E-state index in [1.165, 1.54) is 25.8 Å². The molecule has 3 nitrogen and oxygen atoms in total. The van der Waals surface area contributed by atoms with Crippen molar-refractivity contribution in [1.82, 2.24) is 10.2 Å². The third-order valence-corrected chi connectivity index (χ3v) is 4.04. The zero-order chi connectivity index (χ0) is 13.9. The summed E-state index contributed by atoms with van der Waals surface area (Å²) < 4.78 is 5.20. The van der Waals surface area contributed by atoms with Gasteiger partial charge in [-0.1, -0.05) is 27.7 Å². The van der Waals surface area contributed by atoms with Gasteiger partial charge in [0.1, 0.15) is 0 Å². The van der Waals surface area contributed by atoms with Gasteiger partial charge in [-0.2, -0.15) is 0 Å². The lowest BCUT2D eigenvalue weighted by molar-refractivity contribution is 0.102. The molecular weight excluding hydrogens is 224 g/mol. The second-order valence-electron chi connectivity index (χ2n) is 5.25. The maximum absolute atomic E-state index is 5.20. The van der Waals surface area contributed by atoms with Crippen molar-refractivity contribution in [2.24, 2.45) is 5.41 Å². The third-order valence-electron chi connectivity index (χ3n) is 4.04. The smallest absolute Gasteiger partial charge is 0.0589 e. The Kier molecular flexibility index (Phi) is 10.7. The van der Waals surface area contributed by atoms with Crippen LogP contribution in [0, 0.1) is 5.41 Å². The summed E-state index contributed by atoms with van der Waals surface area (Å²) in [5, 5.41) is 3.61. The molecular formula is C15H34N2O. The van der Waals surface area contributed by atoms with Crippen molar-refractivity contribution in [3.05, 3.63) is 0 Å². The molecule has 0 unspecified atom stereocenters. The first-order chi connectivity index (χ1) is 8.67. The van der Waals surface area contributed by atoms with Gasteiger partial charge < -0.3 is 15.0 Å². The molecule has 1 N–H and O–H groups in total. The predicted molar refractivity (Wildman–Crippen MR) is 80.2 cm³/mol. The van der Waals surface area contributed by atoms with E-state index in [1.54, 1.807) is 7.11 Å². The highest BCUT2D eigenvalue weighted by atomic mass is 16.5. The van der Waals surface area contributed by atoms with E-state index < -0.39 is 0 Å². The van der Waals surface area contributed by atoms with Gasteiger partial charge in [-0.25, -0.2) is 0 Å². The van der Waals surface area contributed by atoms with E-state index in [9.17, 15) is 0 Å². The Hall–Kier alpha value is -0.120. The van der Waals surface area contributed by atoms with E-state index in [-0.39, 0.29) is 0 Å². The molecule has 18 heavy (non-hydrogen) atoms. The molecule has 0 amide bonds. The monoisotopic (exact) mass is 258 g/mol. The maximum Gasteiger partial charge on any atom is 0.0589 e. The van der Waals surface area contributed by atoms with E-state index in [0.29, 0.717) is 5.41 Å². The van der Waals surface area contributed by atoms with Crippen molar-refractivity contribution in [1.29, 1.82) is 0 Å². The average Bonchev–Trinajstić information content (AvgIpc) is 2.42. The van der Waals surface area contributed by atoms with Gasteiger partial charge in [-0.05, 0) is 37.8 Å². The second kappa shape index (κ2) is 10.8. The highest BCUT2D eigenvalue weighted by Gasteiger charge is 2.27. The molecule has 0 aromatic carbocycles. The molecule has 0 rings (SSSR count). The summed E-state index contributed by atoms with van der Waals surface area (Å²) in [4.78, 5) is 2.52. The number of nitrogens with one attached hydrogen (secondary N) is 1. The number of nitrogens with zero attached hydrogens (tertiary/aromatic N) is 1. The lowest BCUT2D eigenvalue weighted by Gasteiger charge is -2.37. The van der Waals surface area contributed by atoms with Crippen LogP contribution in [0.5, 0.6) is 0 Å². The van der Waals surface area contributed by atoms with Gasteiger partial charge in [0.25, 0.3) is 0 Å². The van der Waals surface area contributed by atoms with Crippen LogP contribution in [0.1, 0.15) is 47.0 Å². The highest BCUT2D eigenvalue weighted by molar-refractivity contribution is 4.82. The molecule has 0 aliphatic carbocycles. The molecule has 0 bridgehead atoms. The lowest BCUT2D eigenvalue weighted by atomic mass is 9.81. The molecule has 0 atom stereocenters. The van der Waals surface area contributed by atoms with Crippen molar-refractivity contribution >= 4 is 0 Å². The van der Waals surface area contributed by atoms with Gasteiger partial charge in [0.05, 0.1) is 6.61 Å². The third kappa shape index (κ3) is 6.72. The van der Waals surface area contributed by atoms with Crippen LogP contribution < -0.4 is 5.32 Å². The Morgan fingerprint density at radius 2 is 1.78 bits per heavy atom. The lowest BCUT2D eigenvalue weighted by Crippen LogP contribution is -2.44. The van der Waals surface area contributed by atoms with Crippen molar-refractivity contribution in [2.45, 2.75) is 47.0 Å². The van der Waals surface area contributed by atoms with E-state index in [4.69, 9.17) is 4.74 Å². The number of hydrogen-bond acceptors (Lipinski definition) is 3. The summed E-state index contributed by atoms with van der Waals surface area (Å²) >= 11 is 0. The molecule has 0 aromatic heterocycles. The summed E-state index contributed by atoms with van der Waals surface area (Å²) in [6, 6.07) is 0. The minimum Gasteiger partial charge on any atom is -0.383 e. The van der Waals surface area contributed by atoms with Gasteiger partial charge >= 0.3 is 0 Å². The standard InChI is InChI=1S/C15H34N2O/c1-6-10-16-13-15(7-2,8-3)14-17(9-4)11-12-18-5/h16H,6-14H2,1-5H3. The first-order valence-electron chi connectivity index (χ1n) is 7.60. The fraction of sp³-hybridized carbons (Fsp3) is 1.00. The van der Waals surface area contributed by atoms with Gasteiger partial charge in [0.2, 0.25) is 0 Å². The summed E-state index contributed by atoms with van der Waals surface area (Å²) in [7, 11) is 1.78. The minimum atomic E-state index is 0.416. The van der Waals surface area contributed by atoms with Crippen LogP contribution in [0.3, 0.4) is 0 Å². The van der Waals surface area contributed by atoms with Crippen LogP contribution >= 0.6 is 0 Å². The van der Waals surface area contributed by atoms with Gasteiger partial charge in [0, 0.05) is 26.7 Å². The first-order valence-corrected chi connectivity index (χ1v) is 7.60. The van der Waals surface area contributed by atoms with E-state index in [0.717, 1.165) is 32.8 Å². The summed E-state index contributed by atoms with van der Waals surface area (Å²) in [5.41, 5.74) is 0.416. The largest absolute Gasteiger partial charge is 0.383 e. The molecule has 0 spiro atoms. The molecule has 0 heterocycles. The zero-order valence-corrected chi connectivity index (χ0v) is 13.2. The van der Waals surface area contributed by atoms with Crippen molar-refractivity contribution in [3.8, 4) is 0 Å². The Labute approximate surface area is 114 Å². The van der Waals surface area contributed by atoms with Crippen LogP contribution in [0.25, 0.3) is 0 Å². The average molecular weight is 258 g/mol. The molecule has 0 aliphatic heterocycles. The number of hydrogen-bond donors (Lipinski definition) is 1. The SMILES string of the molecule is CCCNCC(CC)(CC)CN(CC)CCOC. The van der Waals surface area contributed by atoms with E-state index >= 15 is 0 Å². The molecule has 3 heteroatoms. The number of rotatable bonds is 12. The van der Waals surface area contributed by atoms with Crippen LogP contribution in [0.4, 0.5) is 0 Å². The second-order valence-corrected chi connectivity index (χ2v) is 5.25. The first kappa shape index (κ1) is 17.9. The highest BCUT2D eigenvalue weighted by Crippen LogP contribution is 2.26. The molecule has 110 valence electrons. The fourth-order valence-corrected chi connectivity index (χ4v) is 2.35. The Morgan fingerprint density at radius 1 is 1.11 bits per heavy atom. The van der Waals surface area contributed by atoms with Gasteiger partial charge in [-0.3, -0.25) is 0 Å². The zero-order valence-electron chi connectivity index (χ0n) is 13.2. The summed E-state index contributed by atoms with van der Waals surface area (Å²) in [5.74, 6) is 0. The molecule has 0 fully saturated rings. The number of likely N-dealkylation sites (N-methyl/N-ethyl adjacent to an activating group) is 1. The summed E-state index contributed by atoms with van der Waals surface area (Å²) in [6.07, 6.45) is 3.69. The van der Waals surface area contributed by atoms with Crippen molar-refractivity contribution < 1.29 is 4.74 Å². The molecule has 0 radical (unpaired) electrons. The molecule has 0 saturated carbocycles. The van der Waals surface area contributed by atoms with Crippen LogP contribution in [-0.4, -0.2) is 51.3 Å². The van der Waals surface area contributed by atoms with E-state index in [1.807, 2.05) is 0 Å². The van der Waals surface area contributed by atoms with Crippen LogP contribution in [0.15, 0.2) is 0 Å². The molecule has 0 aliphatic rings. The number of methoxy groups -OCH3 is 1.